The van der Waals surface area contributed by atoms with Gasteiger partial charge >= 0.3 is 5.97 Å². The molecule has 0 unspecified atom stereocenters. The number of likely N-dealkylation sites (tertiary alicyclic amines) is 1. The molecule has 0 spiro atoms. The molecule has 1 saturated heterocycles. The van der Waals surface area contributed by atoms with Crippen LogP contribution in [-0.2, 0) is 22.4 Å². The number of benzene rings is 1. The molecule has 0 radical (unpaired) electrons. The molecule has 3 rings (SSSR count). The van der Waals surface area contributed by atoms with Gasteiger partial charge in [-0.1, -0.05) is 30.3 Å². The zero-order valence-corrected chi connectivity index (χ0v) is 20.4. The molecule has 0 saturated carbocycles. The third-order valence-corrected chi connectivity index (χ3v) is 6.67. The van der Waals surface area contributed by atoms with Crippen LogP contribution in [0.3, 0.4) is 0 Å². The number of piperidine rings is 1. The van der Waals surface area contributed by atoms with Gasteiger partial charge in [-0.2, -0.15) is 0 Å². The number of hydrogen-bond acceptors (Lipinski definition) is 4. The SMILES string of the molecule is CCOC(=O)c1c(C)[nH]c(CCC(=O)NCCCN2CCC(Cc3ccccc3)CC2)c1C. The first kappa shape index (κ1) is 25.0. The Balaban J connectivity index is 1.30. The lowest BCUT2D eigenvalue weighted by Crippen LogP contribution is -2.36. The molecule has 1 aromatic carbocycles. The first-order valence-electron chi connectivity index (χ1n) is 12.4. The Kier molecular flexibility index (Phi) is 9.55. The number of hydrogen-bond donors (Lipinski definition) is 2. The summed E-state index contributed by atoms with van der Waals surface area (Å²) in [5.74, 6) is 0.539. The highest BCUT2D eigenvalue weighted by molar-refractivity contribution is 5.92. The number of amides is 1. The van der Waals surface area contributed by atoms with Gasteiger partial charge in [-0.05, 0) is 89.6 Å². The maximum atomic E-state index is 12.3. The van der Waals surface area contributed by atoms with E-state index in [4.69, 9.17) is 4.74 Å². The second kappa shape index (κ2) is 12.6. The fraction of sp³-hybridized carbons (Fsp3) is 0.556. The van der Waals surface area contributed by atoms with Crippen molar-refractivity contribution in [3.05, 3.63) is 58.4 Å². The fourth-order valence-corrected chi connectivity index (χ4v) is 4.79. The number of rotatable bonds is 11. The molecule has 2 N–H and O–H groups in total. The highest BCUT2D eigenvalue weighted by atomic mass is 16.5. The number of nitrogens with zero attached hydrogens (tertiary/aromatic N) is 1. The van der Waals surface area contributed by atoms with Crippen LogP contribution < -0.4 is 5.32 Å². The van der Waals surface area contributed by atoms with Gasteiger partial charge < -0.3 is 19.9 Å². The molecule has 1 aliphatic heterocycles. The zero-order valence-electron chi connectivity index (χ0n) is 20.4. The number of aromatic amines is 1. The van der Waals surface area contributed by atoms with E-state index in [0.717, 1.165) is 48.9 Å². The van der Waals surface area contributed by atoms with Gasteiger partial charge in [-0.3, -0.25) is 4.79 Å². The Morgan fingerprint density at radius 3 is 2.58 bits per heavy atom. The van der Waals surface area contributed by atoms with Crippen molar-refractivity contribution in [2.75, 3.05) is 32.8 Å². The molecule has 1 aromatic heterocycles. The van der Waals surface area contributed by atoms with Crippen molar-refractivity contribution in [3.8, 4) is 0 Å². The second-order valence-corrected chi connectivity index (χ2v) is 9.13. The Bertz CT molecular complexity index is 899. The average molecular weight is 454 g/mol. The van der Waals surface area contributed by atoms with Crippen molar-refractivity contribution in [1.82, 2.24) is 15.2 Å². The fourth-order valence-electron chi connectivity index (χ4n) is 4.79. The summed E-state index contributed by atoms with van der Waals surface area (Å²) in [7, 11) is 0. The second-order valence-electron chi connectivity index (χ2n) is 9.13. The Morgan fingerprint density at radius 1 is 1.15 bits per heavy atom. The molecule has 2 heterocycles. The minimum Gasteiger partial charge on any atom is -0.462 e. The van der Waals surface area contributed by atoms with Crippen LogP contribution in [0.25, 0.3) is 0 Å². The topological polar surface area (TPSA) is 74.4 Å². The summed E-state index contributed by atoms with van der Waals surface area (Å²) in [6, 6.07) is 10.8. The lowest BCUT2D eigenvalue weighted by atomic mass is 9.90. The van der Waals surface area contributed by atoms with E-state index in [2.05, 4.69) is 45.5 Å². The van der Waals surface area contributed by atoms with E-state index < -0.39 is 0 Å². The molecular weight excluding hydrogens is 414 g/mol. The monoisotopic (exact) mass is 453 g/mol. The van der Waals surface area contributed by atoms with E-state index in [1.165, 1.54) is 24.8 Å². The summed E-state index contributed by atoms with van der Waals surface area (Å²) in [5.41, 5.74) is 4.66. The van der Waals surface area contributed by atoms with Gasteiger partial charge in [0.15, 0.2) is 0 Å². The highest BCUT2D eigenvalue weighted by Gasteiger charge is 2.20. The predicted molar refractivity (Wildman–Crippen MR) is 131 cm³/mol. The molecule has 1 amide bonds. The van der Waals surface area contributed by atoms with Crippen LogP contribution in [0.15, 0.2) is 30.3 Å². The molecule has 180 valence electrons. The number of nitrogens with one attached hydrogen (secondary N) is 2. The standard InChI is InChI=1S/C27H39N3O3/c1-4-33-27(32)26-20(2)24(29-21(26)3)11-12-25(31)28-15-8-16-30-17-13-23(14-18-30)19-22-9-6-5-7-10-22/h5-7,9-10,23,29H,4,8,11-19H2,1-3H3,(H,28,31). The largest absolute Gasteiger partial charge is 0.462 e. The number of aryl methyl sites for hydroxylation is 2. The van der Waals surface area contributed by atoms with Gasteiger partial charge in [0.2, 0.25) is 5.91 Å². The molecule has 1 fully saturated rings. The molecular formula is C27H39N3O3. The van der Waals surface area contributed by atoms with Crippen molar-refractivity contribution in [3.63, 3.8) is 0 Å². The number of esters is 1. The van der Waals surface area contributed by atoms with E-state index in [0.29, 0.717) is 31.6 Å². The average Bonchev–Trinajstić information content (AvgIpc) is 3.10. The van der Waals surface area contributed by atoms with Crippen molar-refractivity contribution in [2.45, 2.75) is 59.3 Å². The minimum atomic E-state index is -0.302. The summed E-state index contributed by atoms with van der Waals surface area (Å²) in [5, 5.41) is 3.05. The summed E-state index contributed by atoms with van der Waals surface area (Å²) >= 11 is 0. The molecule has 1 aliphatic rings. The summed E-state index contributed by atoms with van der Waals surface area (Å²) in [6.07, 6.45) is 5.67. The quantitative estimate of drug-likeness (QED) is 0.395. The van der Waals surface area contributed by atoms with Crippen LogP contribution in [-0.4, -0.2) is 54.5 Å². The number of ether oxygens (including phenoxy) is 1. The molecule has 6 heteroatoms. The Labute approximate surface area is 198 Å². The van der Waals surface area contributed by atoms with Crippen LogP contribution in [0.4, 0.5) is 0 Å². The van der Waals surface area contributed by atoms with E-state index >= 15 is 0 Å². The molecule has 33 heavy (non-hydrogen) atoms. The van der Waals surface area contributed by atoms with E-state index in [9.17, 15) is 9.59 Å². The lowest BCUT2D eigenvalue weighted by molar-refractivity contribution is -0.121. The number of H-pyrrole nitrogens is 1. The van der Waals surface area contributed by atoms with Crippen molar-refractivity contribution >= 4 is 11.9 Å². The summed E-state index contributed by atoms with van der Waals surface area (Å²) < 4.78 is 5.13. The zero-order chi connectivity index (χ0) is 23.6. The van der Waals surface area contributed by atoms with Gasteiger partial charge in [-0.25, -0.2) is 4.79 Å². The third-order valence-electron chi connectivity index (χ3n) is 6.67. The molecule has 0 aliphatic carbocycles. The van der Waals surface area contributed by atoms with Crippen LogP contribution in [0, 0.1) is 19.8 Å². The van der Waals surface area contributed by atoms with E-state index in [1.807, 2.05) is 13.8 Å². The van der Waals surface area contributed by atoms with Gasteiger partial charge in [-0.15, -0.1) is 0 Å². The Hall–Kier alpha value is -2.60. The van der Waals surface area contributed by atoms with Crippen molar-refractivity contribution in [2.24, 2.45) is 5.92 Å². The minimum absolute atomic E-state index is 0.0564. The highest BCUT2D eigenvalue weighted by Crippen LogP contribution is 2.22. The first-order chi connectivity index (χ1) is 16.0. The Morgan fingerprint density at radius 2 is 1.88 bits per heavy atom. The smallest absolute Gasteiger partial charge is 0.340 e. The first-order valence-corrected chi connectivity index (χ1v) is 12.4. The van der Waals surface area contributed by atoms with Gasteiger partial charge in [0.25, 0.3) is 0 Å². The molecule has 0 bridgehead atoms. The maximum absolute atomic E-state index is 12.3. The summed E-state index contributed by atoms with van der Waals surface area (Å²) in [6.45, 7) is 9.98. The third kappa shape index (κ3) is 7.46. The number of carbonyl (C=O) groups is 2. The lowest BCUT2D eigenvalue weighted by Gasteiger charge is -2.32. The van der Waals surface area contributed by atoms with Gasteiger partial charge in [0.1, 0.15) is 0 Å². The van der Waals surface area contributed by atoms with Gasteiger partial charge in [0, 0.05) is 24.4 Å². The van der Waals surface area contributed by atoms with E-state index in [1.54, 1.807) is 6.92 Å². The molecule has 0 atom stereocenters. The van der Waals surface area contributed by atoms with Gasteiger partial charge in [0.05, 0.1) is 12.2 Å². The number of carbonyl (C=O) groups excluding carboxylic acids is 2. The maximum Gasteiger partial charge on any atom is 0.340 e. The van der Waals surface area contributed by atoms with Crippen LogP contribution in [0.5, 0.6) is 0 Å². The van der Waals surface area contributed by atoms with E-state index in [-0.39, 0.29) is 11.9 Å². The molecule has 6 nitrogen and oxygen atoms in total. The summed E-state index contributed by atoms with van der Waals surface area (Å²) in [4.78, 5) is 30.2. The predicted octanol–water partition coefficient (Wildman–Crippen LogP) is 4.20. The number of aromatic nitrogens is 1. The van der Waals surface area contributed by atoms with Crippen LogP contribution >= 0.6 is 0 Å². The molecule has 2 aromatic rings. The normalized spacial score (nSPS) is 14.9. The van der Waals surface area contributed by atoms with Crippen molar-refractivity contribution in [1.29, 1.82) is 0 Å². The van der Waals surface area contributed by atoms with Crippen LogP contribution in [0.2, 0.25) is 0 Å². The van der Waals surface area contributed by atoms with Crippen LogP contribution in [0.1, 0.15) is 65.5 Å². The van der Waals surface area contributed by atoms with Crippen molar-refractivity contribution < 1.29 is 14.3 Å².